The minimum absolute atomic E-state index is 0.0326. The summed E-state index contributed by atoms with van der Waals surface area (Å²) in [4.78, 5) is 19.7. The number of benzene rings is 1. The van der Waals surface area contributed by atoms with E-state index in [1.54, 1.807) is 7.05 Å². The van der Waals surface area contributed by atoms with Gasteiger partial charge in [-0.1, -0.05) is 12.1 Å². The van der Waals surface area contributed by atoms with Gasteiger partial charge in [-0.3, -0.25) is 4.79 Å². The Morgan fingerprint density at radius 3 is 2.61 bits per heavy atom. The van der Waals surface area contributed by atoms with E-state index in [1.807, 2.05) is 24.3 Å². The highest BCUT2D eigenvalue weighted by Gasteiger charge is 2.05. The summed E-state index contributed by atoms with van der Waals surface area (Å²) in [7, 11) is 1.60. The van der Waals surface area contributed by atoms with Crippen molar-refractivity contribution in [2.24, 2.45) is 0 Å². The SMILES string of the molecule is CNC(=O)CCNc1nc2ccccc2nc1N. The predicted octanol–water partition coefficient (Wildman–Crippen LogP) is 0.760. The number of hydrogen-bond acceptors (Lipinski definition) is 5. The Morgan fingerprint density at radius 2 is 1.94 bits per heavy atom. The molecule has 0 spiro atoms. The van der Waals surface area contributed by atoms with Crippen LogP contribution in [0.2, 0.25) is 0 Å². The minimum Gasteiger partial charge on any atom is -0.381 e. The number of carbonyl (C=O) groups is 1. The lowest BCUT2D eigenvalue weighted by molar-refractivity contribution is -0.120. The van der Waals surface area contributed by atoms with Gasteiger partial charge in [-0.05, 0) is 12.1 Å². The molecule has 0 atom stereocenters. The number of carbonyl (C=O) groups excluding carboxylic acids is 1. The first kappa shape index (κ1) is 12.1. The molecular weight excluding hydrogens is 230 g/mol. The molecule has 0 bridgehead atoms. The zero-order chi connectivity index (χ0) is 13.0. The zero-order valence-corrected chi connectivity index (χ0v) is 10.1. The Labute approximate surface area is 105 Å². The van der Waals surface area contributed by atoms with Gasteiger partial charge in [0, 0.05) is 20.0 Å². The third-order valence-corrected chi connectivity index (χ3v) is 2.52. The molecule has 1 aromatic heterocycles. The van der Waals surface area contributed by atoms with Crippen molar-refractivity contribution < 1.29 is 4.79 Å². The number of nitrogens with one attached hydrogen (secondary N) is 2. The van der Waals surface area contributed by atoms with Gasteiger partial charge in [-0.25, -0.2) is 9.97 Å². The van der Waals surface area contributed by atoms with Crippen LogP contribution in [-0.2, 0) is 4.79 Å². The van der Waals surface area contributed by atoms with Crippen molar-refractivity contribution in [3.05, 3.63) is 24.3 Å². The van der Waals surface area contributed by atoms with Crippen LogP contribution < -0.4 is 16.4 Å². The van der Waals surface area contributed by atoms with Crippen LogP contribution in [0.1, 0.15) is 6.42 Å². The molecule has 18 heavy (non-hydrogen) atoms. The van der Waals surface area contributed by atoms with Gasteiger partial charge in [0.25, 0.3) is 0 Å². The van der Waals surface area contributed by atoms with Crippen LogP contribution in [0.4, 0.5) is 11.6 Å². The highest BCUT2D eigenvalue weighted by atomic mass is 16.1. The van der Waals surface area contributed by atoms with E-state index in [0.29, 0.717) is 24.6 Å². The van der Waals surface area contributed by atoms with Crippen LogP contribution in [0.3, 0.4) is 0 Å². The van der Waals surface area contributed by atoms with Gasteiger partial charge in [0.1, 0.15) is 0 Å². The molecule has 0 radical (unpaired) electrons. The normalized spacial score (nSPS) is 10.3. The fourth-order valence-electron chi connectivity index (χ4n) is 1.56. The van der Waals surface area contributed by atoms with Crippen LogP contribution in [-0.4, -0.2) is 29.5 Å². The Hall–Kier alpha value is -2.37. The standard InChI is InChI=1S/C12H15N5O/c1-14-10(18)6-7-15-12-11(13)16-8-4-2-3-5-9(8)17-12/h2-5H,6-7H2,1H3,(H2,13,16)(H,14,18)(H,15,17). The van der Waals surface area contributed by atoms with Gasteiger partial charge in [0.2, 0.25) is 5.91 Å². The summed E-state index contributed by atoms with van der Waals surface area (Å²) in [5.41, 5.74) is 7.33. The molecule has 1 heterocycles. The van der Waals surface area contributed by atoms with Crippen LogP contribution in [0.25, 0.3) is 11.0 Å². The molecule has 94 valence electrons. The Kier molecular flexibility index (Phi) is 3.57. The van der Waals surface area contributed by atoms with E-state index < -0.39 is 0 Å². The molecule has 0 aliphatic heterocycles. The predicted molar refractivity (Wildman–Crippen MR) is 71.1 cm³/mol. The maximum absolute atomic E-state index is 11.1. The molecule has 4 N–H and O–H groups in total. The number of nitrogens with two attached hydrogens (primary N) is 1. The van der Waals surface area contributed by atoms with E-state index in [4.69, 9.17) is 5.73 Å². The van der Waals surface area contributed by atoms with Gasteiger partial charge >= 0.3 is 0 Å². The number of hydrogen-bond donors (Lipinski definition) is 3. The molecule has 2 aromatic rings. The van der Waals surface area contributed by atoms with E-state index in [0.717, 1.165) is 11.0 Å². The van der Waals surface area contributed by atoms with E-state index in [2.05, 4.69) is 20.6 Å². The van der Waals surface area contributed by atoms with Crippen molar-refractivity contribution in [3.8, 4) is 0 Å². The minimum atomic E-state index is -0.0326. The Balaban J connectivity index is 2.13. The summed E-state index contributed by atoms with van der Waals surface area (Å²) in [5.74, 6) is 0.818. The molecule has 1 amide bonds. The highest BCUT2D eigenvalue weighted by molar-refractivity contribution is 5.80. The largest absolute Gasteiger partial charge is 0.381 e. The molecule has 0 aliphatic rings. The topological polar surface area (TPSA) is 92.9 Å². The lowest BCUT2D eigenvalue weighted by Gasteiger charge is -2.08. The van der Waals surface area contributed by atoms with Gasteiger partial charge < -0.3 is 16.4 Å². The average Bonchev–Trinajstić information content (AvgIpc) is 2.39. The summed E-state index contributed by atoms with van der Waals surface area (Å²) < 4.78 is 0. The quantitative estimate of drug-likeness (QED) is 0.739. The van der Waals surface area contributed by atoms with Gasteiger partial charge in [0.05, 0.1) is 11.0 Å². The number of aromatic nitrogens is 2. The molecule has 2 rings (SSSR count). The fourth-order valence-corrected chi connectivity index (χ4v) is 1.56. The number of anilines is 2. The number of para-hydroxylation sites is 2. The van der Waals surface area contributed by atoms with Crippen molar-refractivity contribution in [3.63, 3.8) is 0 Å². The lowest BCUT2D eigenvalue weighted by Crippen LogP contribution is -2.21. The molecular formula is C12H15N5O. The molecule has 0 saturated carbocycles. The van der Waals surface area contributed by atoms with Crippen molar-refractivity contribution in [2.45, 2.75) is 6.42 Å². The van der Waals surface area contributed by atoms with Crippen molar-refractivity contribution in [1.82, 2.24) is 15.3 Å². The van der Waals surface area contributed by atoms with E-state index in [1.165, 1.54) is 0 Å². The molecule has 0 aliphatic carbocycles. The third-order valence-electron chi connectivity index (χ3n) is 2.52. The molecule has 6 nitrogen and oxygen atoms in total. The number of rotatable bonds is 4. The summed E-state index contributed by atoms with van der Waals surface area (Å²) in [6.45, 7) is 0.469. The zero-order valence-electron chi connectivity index (χ0n) is 10.1. The summed E-state index contributed by atoms with van der Waals surface area (Å²) >= 11 is 0. The summed E-state index contributed by atoms with van der Waals surface area (Å²) in [6.07, 6.45) is 0.366. The number of nitrogens with zero attached hydrogens (tertiary/aromatic N) is 2. The third kappa shape index (κ3) is 2.65. The second-order valence-corrected chi connectivity index (χ2v) is 3.80. The maximum Gasteiger partial charge on any atom is 0.221 e. The molecule has 0 unspecified atom stereocenters. The van der Waals surface area contributed by atoms with Gasteiger partial charge in [-0.15, -0.1) is 0 Å². The first-order valence-electron chi connectivity index (χ1n) is 5.67. The second-order valence-electron chi connectivity index (χ2n) is 3.80. The molecule has 0 fully saturated rings. The van der Waals surface area contributed by atoms with Gasteiger partial charge in [0.15, 0.2) is 11.6 Å². The van der Waals surface area contributed by atoms with E-state index in [9.17, 15) is 4.79 Å². The van der Waals surface area contributed by atoms with Crippen LogP contribution in [0, 0.1) is 0 Å². The number of nitrogen functional groups attached to an aromatic ring is 1. The molecule has 1 aromatic carbocycles. The number of amides is 1. The lowest BCUT2D eigenvalue weighted by atomic mass is 10.3. The molecule has 0 saturated heterocycles. The number of fused-ring (bicyclic) bond motifs is 1. The van der Waals surface area contributed by atoms with Gasteiger partial charge in [-0.2, -0.15) is 0 Å². The first-order valence-corrected chi connectivity index (χ1v) is 5.67. The van der Waals surface area contributed by atoms with Crippen LogP contribution in [0.5, 0.6) is 0 Å². The first-order chi connectivity index (χ1) is 8.70. The van der Waals surface area contributed by atoms with Crippen molar-refractivity contribution in [2.75, 3.05) is 24.6 Å². The highest BCUT2D eigenvalue weighted by Crippen LogP contribution is 2.17. The fraction of sp³-hybridized carbons (Fsp3) is 0.250. The smallest absolute Gasteiger partial charge is 0.221 e. The van der Waals surface area contributed by atoms with Crippen LogP contribution >= 0.6 is 0 Å². The van der Waals surface area contributed by atoms with Crippen LogP contribution in [0.15, 0.2) is 24.3 Å². The summed E-state index contributed by atoms with van der Waals surface area (Å²) in [5, 5.41) is 5.56. The average molecular weight is 245 g/mol. The molecule has 6 heteroatoms. The van der Waals surface area contributed by atoms with E-state index >= 15 is 0 Å². The monoisotopic (exact) mass is 245 g/mol. The maximum atomic E-state index is 11.1. The summed E-state index contributed by atoms with van der Waals surface area (Å²) in [6, 6.07) is 7.50. The van der Waals surface area contributed by atoms with Crippen molar-refractivity contribution >= 4 is 28.6 Å². The Bertz CT molecular complexity index is 569. The second kappa shape index (κ2) is 5.31. The Morgan fingerprint density at radius 1 is 1.28 bits per heavy atom. The van der Waals surface area contributed by atoms with Crippen molar-refractivity contribution in [1.29, 1.82) is 0 Å². The van der Waals surface area contributed by atoms with E-state index in [-0.39, 0.29) is 5.91 Å².